The largest absolute Gasteiger partial charge is 0.331 e. The van der Waals surface area contributed by atoms with Crippen molar-refractivity contribution in [3.63, 3.8) is 0 Å². The third-order valence-electron chi connectivity index (χ3n) is 3.41. The lowest BCUT2D eigenvalue weighted by atomic mass is 10.2. The van der Waals surface area contributed by atoms with E-state index in [1.807, 2.05) is 30.2 Å². The van der Waals surface area contributed by atoms with Crippen molar-refractivity contribution in [3.8, 4) is 11.6 Å². The van der Waals surface area contributed by atoms with Crippen LogP contribution < -0.4 is 0 Å². The first-order valence-electron chi connectivity index (χ1n) is 6.25. The Bertz CT molecular complexity index is 497. The number of aromatic nitrogens is 4. The van der Waals surface area contributed by atoms with Crippen LogP contribution in [0.4, 0.5) is 0 Å². The quantitative estimate of drug-likeness (QED) is 0.806. The lowest BCUT2D eigenvalue weighted by Gasteiger charge is -2.20. The van der Waals surface area contributed by atoms with Gasteiger partial charge in [-0.25, -0.2) is 9.97 Å². The molecule has 1 atom stereocenters. The summed E-state index contributed by atoms with van der Waals surface area (Å²) in [5, 5.41) is 0. The van der Waals surface area contributed by atoms with Crippen LogP contribution in [0.2, 0.25) is 0 Å². The van der Waals surface area contributed by atoms with Crippen LogP contribution in [0.5, 0.6) is 0 Å². The molecule has 2 heterocycles. The number of aryl methyl sites for hydroxylation is 2. The van der Waals surface area contributed by atoms with Crippen LogP contribution in [0.25, 0.3) is 11.6 Å². The lowest BCUT2D eigenvalue weighted by molar-refractivity contribution is 0.288. The van der Waals surface area contributed by atoms with E-state index in [1.54, 1.807) is 6.20 Å². The smallest absolute Gasteiger partial charge is 0.176 e. The first-order chi connectivity index (χ1) is 8.59. The maximum atomic E-state index is 4.41. The minimum Gasteiger partial charge on any atom is -0.331 e. The van der Waals surface area contributed by atoms with Crippen molar-refractivity contribution in [2.24, 2.45) is 7.05 Å². The second-order valence-corrected chi connectivity index (χ2v) is 4.91. The topological polar surface area (TPSA) is 38.9 Å². The van der Waals surface area contributed by atoms with Crippen molar-refractivity contribution in [1.82, 2.24) is 24.0 Å². The average Bonchev–Trinajstić information content (AvgIpc) is 2.93. The molecule has 0 unspecified atom stereocenters. The molecular formula is C13H21N5. The third-order valence-corrected chi connectivity index (χ3v) is 3.41. The number of hydrogen-bond donors (Lipinski definition) is 0. The van der Waals surface area contributed by atoms with Gasteiger partial charge in [-0.2, -0.15) is 0 Å². The van der Waals surface area contributed by atoms with Gasteiger partial charge in [-0.1, -0.05) is 0 Å². The molecule has 0 spiro atoms. The van der Waals surface area contributed by atoms with Crippen LogP contribution in [0, 0.1) is 0 Å². The third kappa shape index (κ3) is 2.61. The van der Waals surface area contributed by atoms with Gasteiger partial charge in [0.1, 0.15) is 0 Å². The van der Waals surface area contributed by atoms with Gasteiger partial charge in [0, 0.05) is 44.4 Å². The predicted molar refractivity (Wildman–Crippen MR) is 72.2 cm³/mol. The highest BCUT2D eigenvalue weighted by atomic mass is 15.2. The monoisotopic (exact) mass is 247 g/mol. The molecule has 2 aromatic heterocycles. The molecule has 0 aliphatic heterocycles. The number of nitrogens with zero attached hydrogens (tertiary/aromatic N) is 5. The van der Waals surface area contributed by atoms with Crippen LogP contribution in [0.15, 0.2) is 24.8 Å². The second-order valence-electron chi connectivity index (χ2n) is 4.91. The van der Waals surface area contributed by atoms with Gasteiger partial charge in [-0.3, -0.25) is 0 Å². The molecule has 0 radical (unpaired) electrons. The molecule has 5 nitrogen and oxygen atoms in total. The van der Waals surface area contributed by atoms with Gasteiger partial charge in [0.25, 0.3) is 0 Å². The van der Waals surface area contributed by atoms with Gasteiger partial charge in [-0.05, 0) is 27.4 Å². The van der Waals surface area contributed by atoms with E-state index in [4.69, 9.17) is 0 Å². The summed E-state index contributed by atoms with van der Waals surface area (Å²) in [7, 11) is 6.21. The summed E-state index contributed by atoms with van der Waals surface area (Å²) in [6.07, 6.45) is 8.70. The average molecular weight is 247 g/mol. The van der Waals surface area contributed by atoms with Gasteiger partial charge in [0.2, 0.25) is 0 Å². The van der Waals surface area contributed by atoms with Crippen LogP contribution in [-0.4, -0.2) is 44.1 Å². The molecule has 18 heavy (non-hydrogen) atoms. The Kier molecular flexibility index (Phi) is 3.81. The zero-order valence-electron chi connectivity index (χ0n) is 11.5. The minimum atomic E-state index is 0.557. The van der Waals surface area contributed by atoms with Crippen molar-refractivity contribution in [3.05, 3.63) is 24.8 Å². The Morgan fingerprint density at radius 1 is 1.17 bits per heavy atom. The van der Waals surface area contributed by atoms with E-state index < -0.39 is 0 Å². The lowest BCUT2D eigenvalue weighted by Crippen LogP contribution is -2.25. The zero-order valence-corrected chi connectivity index (χ0v) is 11.5. The highest BCUT2D eigenvalue weighted by Gasteiger charge is 2.11. The first kappa shape index (κ1) is 12.8. The van der Waals surface area contributed by atoms with Crippen LogP contribution in [-0.2, 0) is 13.6 Å². The van der Waals surface area contributed by atoms with E-state index in [2.05, 4.69) is 40.5 Å². The molecule has 98 valence electrons. The van der Waals surface area contributed by atoms with Crippen molar-refractivity contribution in [1.29, 1.82) is 0 Å². The van der Waals surface area contributed by atoms with E-state index in [0.717, 1.165) is 24.6 Å². The molecule has 0 saturated carbocycles. The van der Waals surface area contributed by atoms with Crippen molar-refractivity contribution < 1.29 is 0 Å². The fourth-order valence-corrected chi connectivity index (χ4v) is 1.86. The number of hydrogen-bond acceptors (Lipinski definition) is 3. The molecule has 0 fully saturated rings. The molecule has 2 aromatic rings. The summed E-state index contributed by atoms with van der Waals surface area (Å²) in [4.78, 5) is 11.0. The van der Waals surface area contributed by atoms with E-state index in [-0.39, 0.29) is 0 Å². The Morgan fingerprint density at radius 3 is 2.44 bits per heavy atom. The fraction of sp³-hybridized carbons (Fsp3) is 0.538. The number of rotatable bonds is 5. The molecule has 0 bridgehead atoms. The summed E-state index contributed by atoms with van der Waals surface area (Å²) < 4.78 is 4.16. The molecular weight excluding hydrogens is 226 g/mol. The maximum Gasteiger partial charge on any atom is 0.176 e. The van der Waals surface area contributed by atoms with Crippen molar-refractivity contribution in [2.75, 3.05) is 14.1 Å². The summed E-state index contributed by atoms with van der Waals surface area (Å²) in [6.45, 7) is 3.19. The van der Waals surface area contributed by atoms with E-state index in [0.29, 0.717) is 6.04 Å². The Hall–Kier alpha value is -1.62. The van der Waals surface area contributed by atoms with E-state index in [9.17, 15) is 0 Å². The summed E-state index contributed by atoms with van der Waals surface area (Å²) in [5.41, 5.74) is 0. The highest BCUT2D eigenvalue weighted by molar-refractivity contribution is 5.44. The summed E-state index contributed by atoms with van der Waals surface area (Å²) in [5.74, 6) is 1.85. The molecule has 5 heteroatoms. The van der Waals surface area contributed by atoms with Crippen LogP contribution in [0.3, 0.4) is 0 Å². The summed E-state index contributed by atoms with van der Waals surface area (Å²) in [6, 6.07) is 0.557. The van der Waals surface area contributed by atoms with Crippen molar-refractivity contribution >= 4 is 0 Å². The Balaban J connectivity index is 2.12. The summed E-state index contributed by atoms with van der Waals surface area (Å²) >= 11 is 0. The van der Waals surface area contributed by atoms with Gasteiger partial charge < -0.3 is 14.0 Å². The molecule has 0 saturated heterocycles. The van der Waals surface area contributed by atoms with Gasteiger partial charge in [0.15, 0.2) is 11.6 Å². The van der Waals surface area contributed by atoms with Crippen LogP contribution in [0.1, 0.15) is 13.3 Å². The maximum absolute atomic E-state index is 4.41. The van der Waals surface area contributed by atoms with Crippen LogP contribution >= 0.6 is 0 Å². The fourth-order valence-electron chi connectivity index (χ4n) is 1.86. The van der Waals surface area contributed by atoms with Gasteiger partial charge >= 0.3 is 0 Å². The van der Waals surface area contributed by atoms with E-state index >= 15 is 0 Å². The second kappa shape index (κ2) is 5.35. The molecule has 0 N–H and O–H groups in total. The normalized spacial score (nSPS) is 13.2. The first-order valence-corrected chi connectivity index (χ1v) is 6.25. The SMILES string of the molecule is C[C@@H](CCn1ccnc1-c1nccn1C)N(C)C. The van der Waals surface area contributed by atoms with E-state index in [1.165, 1.54) is 0 Å². The molecule has 0 amide bonds. The molecule has 0 aliphatic carbocycles. The molecule has 0 aliphatic rings. The Labute approximate surface area is 108 Å². The minimum absolute atomic E-state index is 0.557. The van der Waals surface area contributed by atoms with Gasteiger partial charge in [-0.15, -0.1) is 0 Å². The highest BCUT2D eigenvalue weighted by Crippen LogP contribution is 2.15. The molecule has 2 rings (SSSR count). The van der Waals surface area contributed by atoms with Crippen molar-refractivity contribution in [2.45, 2.75) is 25.9 Å². The zero-order chi connectivity index (χ0) is 13.1. The number of imidazole rings is 2. The standard InChI is InChI=1S/C13H21N5/c1-11(16(2)3)5-8-18-10-7-15-13(18)12-14-6-9-17(12)4/h6-7,9-11H,5,8H2,1-4H3/t11-/m0/s1. The molecule has 0 aromatic carbocycles. The van der Waals surface area contributed by atoms with Gasteiger partial charge in [0.05, 0.1) is 0 Å². The predicted octanol–water partition coefficient (Wildman–Crippen LogP) is 1.62. The Morgan fingerprint density at radius 2 is 1.83 bits per heavy atom.